The Hall–Kier alpha value is -0.0800. The van der Waals surface area contributed by atoms with Crippen LogP contribution in [0.3, 0.4) is 0 Å². The molecule has 0 aliphatic carbocycles. The van der Waals surface area contributed by atoms with Crippen molar-refractivity contribution in [1.29, 1.82) is 0 Å². The molecule has 1 rings (SSSR count). The molecule has 2 nitrogen and oxygen atoms in total. The number of rotatable bonds is 2. The summed E-state index contributed by atoms with van der Waals surface area (Å²) in [7, 11) is 2.07. The Kier molecular flexibility index (Phi) is 3.13. The van der Waals surface area contributed by atoms with Crippen molar-refractivity contribution in [2.75, 3.05) is 20.1 Å². The Morgan fingerprint density at radius 2 is 2.17 bits per heavy atom. The summed E-state index contributed by atoms with van der Waals surface area (Å²) in [6.45, 7) is 9.37. The van der Waals surface area contributed by atoms with E-state index in [1.165, 1.54) is 25.9 Å². The molecule has 1 N–H and O–H groups in total. The lowest BCUT2D eigenvalue weighted by Gasteiger charge is -2.45. The second kappa shape index (κ2) is 3.75. The molecule has 2 heteroatoms. The highest BCUT2D eigenvalue weighted by molar-refractivity contribution is 4.91. The van der Waals surface area contributed by atoms with Crippen LogP contribution in [-0.4, -0.2) is 36.6 Å². The van der Waals surface area contributed by atoms with Gasteiger partial charge in [0.05, 0.1) is 0 Å². The van der Waals surface area contributed by atoms with Gasteiger partial charge in [-0.1, -0.05) is 6.92 Å². The van der Waals surface area contributed by atoms with Crippen molar-refractivity contribution in [1.82, 2.24) is 10.2 Å². The minimum Gasteiger partial charge on any atom is -0.317 e. The van der Waals surface area contributed by atoms with Crippen molar-refractivity contribution in [3.63, 3.8) is 0 Å². The molecular weight excluding hydrogens is 148 g/mol. The van der Waals surface area contributed by atoms with Crippen LogP contribution in [0.4, 0.5) is 0 Å². The van der Waals surface area contributed by atoms with Crippen molar-refractivity contribution in [2.45, 2.75) is 45.2 Å². The first-order chi connectivity index (χ1) is 5.60. The van der Waals surface area contributed by atoms with E-state index in [1.807, 2.05) is 0 Å². The molecule has 1 atom stereocenters. The molecule has 0 aromatic rings. The molecule has 0 amide bonds. The van der Waals surface area contributed by atoms with Gasteiger partial charge in [-0.05, 0) is 40.3 Å². The van der Waals surface area contributed by atoms with Crippen molar-refractivity contribution in [3.8, 4) is 0 Å². The molecule has 1 aliphatic heterocycles. The average Bonchev–Trinajstić information content (AvgIpc) is 2.02. The van der Waals surface area contributed by atoms with Crippen molar-refractivity contribution >= 4 is 0 Å². The zero-order chi connectivity index (χ0) is 9.19. The van der Waals surface area contributed by atoms with Crippen LogP contribution in [0.2, 0.25) is 0 Å². The van der Waals surface area contributed by atoms with Crippen LogP contribution < -0.4 is 5.32 Å². The van der Waals surface area contributed by atoms with E-state index in [9.17, 15) is 0 Å². The fraction of sp³-hybridized carbons (Fsp3) is 1.00. The largest absolute Gasteiger partial charge is 0.317 e. The summed E-state index contributed by atoms with van der Waals surface area (Å²) >= 11 is 0. The van der Waals surface area contributed by atoms with E-state index in [0.29, 0.717) is 5.54 Å². The third-order valence-electron chi connectivity index (χ3n) is 3.14. The maximum atomic E-state index is 3.38. The van der Waals surface area contributed by atoms with Crippen LogP contribution in [0, 0.1) is 0 Å². The number of piperidine rings is 1. The number of likely N-dealkylation sites (tertiary alicyclic amines) is 1. The second-order valence-corrected chi connectivity index (χ2v) is 4.37. The lowest BCUT2D eigenvalue weighted by atomic mass is 9.87. The maximum absolute atomic E-state index is 3.38. The van der Waals surface area contributed by atoms with Gasteiger partial charge in [-0.25, -0.2) is 0 Å². The van der Waals surface area contributed by atoms with Gasteiger partial charge in [0.2, 0.25) is 0 Å². The van der Waals surface area contributed by atoms with Crippen LogP contribution in [0.1, 0.15) is 33.6 Å². The normalized spacial score (nSPS) is 30.5. The average molecular weight is 170 g/mol. The molecule has 12 heavy (non-hydrogen) atoms. The van der Waals surface area contributed by atoms with Gasteiger partial charge >= 0.3 is 0 Å². The van der Waals surface area contributed by atoms with Gasteiger partial charge in [0.15, 0.2) is 0 Å². The zero-order valence-corrected chi connectivity index (χ0v) is 8.85. The molecule has 1 fully saturated rings. The predicted molar refractivity (Wildman–Crippen MR) is 53.4 cm³/mol. The molecule has 1 heterocycles. The Morgan fingerprint density at radius 3 is 2.58 bits per heavy atom. The fourth-order valence-corrected chi connectivity index (χ4v) is 2.28. The van der Waals surface area contributed by atoms with Crippen molar-refractivity contribution in [2.24, 2.45) is 0 Å². The second-order valence-electron chi connectivity index (χ2n) is 4.37. The van der Waals surface area contributed by atoms with Gasteiger partial charge in [-0.2, -0.15) is 0 Å². The lowest BCUT2D eigenvalue weighted by Crippen LogP contribution is -2.53. The third-order valence-corrected chi connectivity index (χ3v) is 3.14. The van der Waals surface area contributed by atoms with Gasteiger partial charge in [-0.15, -0.1) is 0 Å². The number of hydrogen-bond acceptors (Lipinski definition) is 2. The van der Waals surface area contributed by atoms with Crippen LogP contribution >= 0.6 is 0 Å². The van der Waals surface area contributed by atoms with E-state index in [0.717, 1.165) is 6.04 Å². The summed E-state index contributed by atoms with van der Waals surface area (Å²) in [5, 5.41) is 3.38. The third kappa shape index (κ3) is 1.99. The fourth-order valence-electron chi connectivity index (χ4n) is 2.28. The first kappa shape index (κ1) is 10.0. The molecule has 0 aromatic carbocycles. The number of hydrogen-bond donors (Lipinski definition) is 1. The summed E-state index contributed by atoms with van der Waals surface area (Å²) in [4.78, 5) is 2.57. The predicted octanol–water partition coefficient (Wildman–Crippen LogP) is 1.47. The van der Waals surface area contributed by atoms with Gasteiger partial charge in [0, 0.05) is 18.1 Å². The first-order valence-corrected chi connectivity index (χ1v) is 5.02. The Bertz CT molecular complexity index is 143. The van der Waals surface area contributed by atoms with Crippen molar-refractivity contribution < 1.29 is 0 Å². The van der Waals surface area contributed by atoms with E-state index in [-0.39, 0.29) is 0 Å². The summed E-state index contributed by atoms with van der Waals surface area (Å²) in [5.74, 6) is 0. The summed E-state index contributed by atoms with van der Waals surface area (Å²) < 4.78 is 0. The minimum atomic E-state index is 0.390. The van der Waals surface area contributed by atoms with E-state index in [2.05, 4.69) is 38.0 Å². The van der Waals surface area contributed by atoms with E-state index in [4.69, 9.17) is 0 Å². The molecule has 0 bridgehead atoms. The molecule has 1 unspecified atom stereocenters. The first-order valence-electron chi connectivity index (χ1n) is 5.02. The molecule has 1 saturated heterocycles. The molecule has 72 valence electrons. The van der Waals surface area contributed by atoms with Crippen LogP contribution in [-0.2, 0) is 0 Å². The summed E-state index contributed by atoms with van der Waals surface area (Å²) in [5.41, 5.74) is 0.390. The lowest BCUT2D eigenvalue weighted by molar-refractivity contribution is 0.0659. The minimum absolute atomic E-state index is 0.390. The number of nitrogens with zero attached hydrogens (tertiary/aromatic N) is 1. The smallest absolute Gasteiger partial charge is 0.0167 e. The highest BCUT2D eigenvalue weighted by atomic mass is 15.2. The van der Waals surface area contributed by atoms with E-state index < -0.39 is 0 Å². The van der Waals surface area contributed by atoms with Gasteiger partial charge in [0.25, 0.3) is 0 Å². The standard InChI is InChI=1S/C10H22N2/c1-5-12-7-6-9(11-4)8-10(12,2)3/h9,11H,5-8H2,1-4H3. The zero-order valence-electron chi connectivity index (χ0n) is 8.85. The highest BCUT2D eigenvalue weighted by Gasteiger charge is 2.32. The van der Waals surface area contributed by atoms with Crippen molar-refractivity contribution in [3.05, 3.63) is 0 Å². The quantitative estimate of drug-likeness (QED) is 0.675. The molecule has 0 saturated carbocycles. The molecule has 0 aromatic heterocycles. The topological polar surface area (TPSA) is 15.3 Å². The summed E-state index contributed by atoms with van der Waals surface area (Å²) in [6.07, 6.45) is 2.57. The molecular formula is C10H22N2. The Labute approximate surface area is 76.3 Å². The highest BCUT2D eigenvalue weighted by Crippen LogP contribution is 2.26. The Morgan fingerprint density at radius 1 is 1.50 bits per heavy atom. The summed E-state index contributed by atoms with van der Waals surface area (Å²) in [6, 6.07) is 0.725. The van der Waals surface area contributed by atoms with Gasteiger partial charge < -0.3 is 5.32 Å². The van der Waals surface area contributed by atoms with Crippen LogP contribution in [0.5, 0.6) is 0 Å². The monoisotopic (exact) mass is 170 g/mol. The van der Waals surface area contributed by atoms with Crippen LogP contribution in [0.25, 0.3) is 0 Å². The molecule has 1 aliphatic rings. The molecule has 0 radical (unpaired) electrons. The number of nitrogens with one attached hydrogen (secondary N) is 1. The van der Waals surface area contributed by atoms with Crippen LogP contribution in [0.15, 0.2) is 0 Å². The SMILES string of the molecule is CCN1CCC(NC)CC1(C)C. The Balaban J connectivity index is 2.54. The molecule has 0 spiro atoms. The van der Waals surface area contributed by atoms with Gasteiger partial charge in [0.1, 0.15) is 0 Å². The maximum Gasteiger partial charge on any atom is 0.0167 e. The van der Waals surface area contributed by atoms with E-state index in [1.54, 1.807) is 0 Å². The van der Waals surface area contributed by atoms with E-state index >= 15 is 0 Å². The van der Waals surface area contributed by atoms with Gasteiger partial charge in [-0.3, -0.25) is 4.90 Å².